The Hall–Kier alpha value is -1.79. The van der Waals surface area contributed by atoms with Gasteiger partial charge in [-0.3, -0.25) is 10.1 Å². The zero-order chi connectivity index (χ0) is 14.5. The molecule has 1 fully saturated rings. The van der Waals surface area contributed by atoms with Crippen LogP contribution in [-0.2, 0) is 9.53 Å². The second kappa shape index (κ2) is 6.58. The van der Waals surface area contributed by atoms with Crippen LogP contribution in [0.3, 0.4) is 0 Å². The molecule has 4 atom stereocenters. The Morgan fingerprint density at radius 1 is 1.50 bits per heavy atom. The molecule has 1 unspecified atom stereocenters. The maximum atomic E-state index is 11.2. The van der Waals surface area contributed by atoms with Crippen LogP contribution in [0, 0.1) is 10.1 Å². The molecular formula is C14H18N2O4. The third kappa shape index (κ3) is 3.02. The molecule has 20 heavy (non-hydrogen) atoms. The molecule has 1 aliphatic rings. The number of rotatable bonds is 5. The lowest BCUT2D eigenvalue weighted by Gasteiger charge is -2.36. The van der Waals surface area contributed by atoms with Crippen LogP contribution in [0.25, 0.3) is 0 Å². The number of hydrogen-bond donors (Lipinski definition) is 1. The van der Waals surface area contributed by atoms with Crippen molar-refractivity contribution in [2.45, 2.75) is 37.6 Å². The number of nitrogens with one attached hydrogen (secondary N) is 1. The monoisotopic (exact) mass is 278 g/mol. The maximum Gasteiger partial charge on any atom is 0.230 e. The molecular weight excluding hydrogens is 260 g/mol. The van der Waals surface area contributed by atoms with E-state index in [1.54, 1.807) is 6.92 Å². The van der Waals surface area contributed by atoms with Gasteiger partial charge in [-0.1, -0.05) is 37.3 Å². The molecule has 0 saturated carbocycles. The molecule has 108 valence electrons. The molecule has 2 rings (SSSR count). The van der Waals surface area contributed by atoms with Crippen molar-refractivity contribution in [2.75, 3.05) is 6.54 Å². The van der Waals surface area contributed by atoms with Crippen molar-refractivity contribution in [3.05, 3.63) is 46.0 Å². The molecule has 0 bridgehead atoms. The van der Waals surface area contributed by atoms with Crippen LogP contribution in [0.2, 0.25) is 0 Å². The minimum Gasteiger partial charge on any atom is -0.360 e. The first kappa shape index (κ1) is 14.6. The number of aldehydes is 1. The molecule has 1 N–H and O–H groups in total. The second-order valence-electron chi connectivity index (χ2n) is 4.84. The average molecular weight is 278 g/mol. The minimum absolute atomic E-state index is 0.280. The fraction of sp³-hybridized carbons (Fsp3) is 0.500. The van der Waals surface area contributed by atoms with Gasteiger partial charge in [0.2, 0.25) is 6.04 Å². The number of carbonyl (C=O) groups excluding carboxylic acids is 1. The number of hydrogen-bond acceptors (Lipinski definition) is 5. The highest BCUT2D eigenvalue weighted by Crippen LogP contribution is 2.29. The molecule has 1 heterocycles. The Bertz CT molecular complexity index is 466. The van der Waals surface area contributed by atoms with Crippen molar-refractivity contribution >= 4 is 6.29 Å². The van der Waals surface area contributed by atoms with Crippen LogP contribution >= 0.6 is 0 Å². The number of carbonyl (C=O) groups is 1. The predicted octanol–water partition coefficient (Wildman–Crippen LogP) is 1.34. The largest absolute Gasteiger partial charge is 0.360 e. The van der Waals surface area contributed by atoms with E-state index in [0.717, 1.165) is 11.8 Å². The van der Waals surface area contributed by atoms with Gasteiger partial charge >= 0.3 is 0 Å². The zero-order valence-electron chi connectivity index (χ0n) is 11.3. The first-order valence-corrected chi connectivity index (χ1v) is 6.70. The van der Waals surface area contributed by atoms with Crippen molar-refractivity contribution in [1.82, 2.24) is 5.32 Å². The van der Waals surface area contributed by atoms with Gasteiger partial charge in [-0.2, -0.15) is 0 Å². The Balaban J connectivity index is 2.28. The number of nitro groups is 1. The topological polar surface area (TPSA) is 81.5 Å². The van der Waals surface area contributed by atoms with Crippen molar-refractivity contribution in [3.63, 3.8) is 0 Å². The van der Waals surface area contributed by atoms with Gasteiger partial charge < -0.3 is 14.8 Å². The van der Waals surface area contributed by atoms with Crippen LogP contribution in [0.1, 0.15) is 25.0 Å². The van der Waals surface area contributed by atoms with Gasteiger partial charge in [-0.05, 0) is 5.56 Å². The summed E-state index contributed by atoms with van der Waals surface area (Å²) >= 11 is 0. The van der Waals surface area contributed by atoms with Crippen LogP contribution < -0.4 is 5.32 Å². The second-order valence-corrected chi connectivity index (χ2v) is 4.84. The van der Waals surface area contributed by atoms with Gasteiger partial charge in [0.1, 0.15) is 24.5 Å². The molecule has 0 aliphatic carbocycles. The highest BCUT2D eigenvalue weighted by molar-refractivity contribution is 5.56. The number of morpholine rings is 1. The van der Waals surface area contributed by atoms with Gasteiger partial charge in [0.05, 0.1) is 0 Å². The van der Waals surface area contributed by atoms with Crippen molar-refractivity contribution in [2.24, 2.45) is 0 Å². The van der Waals surface area contributed by atoms with Crippen LogP contribution in [0.15, 0.2) is 30.3 Å². The normalized spacial score (nSPS) is 27.8. The van der Waals surface area contributed by atoms with E-state index in [1.807, 2.05) is 30.3 Å². The van der Waals surface area contributed by atoms with Gasteiger partial charge in [0, 0.05) is 17.9 Å². The number of benzene rings is 1. The van der Waals surface area contributed by atoms with E-state index in [1.165, 1.54) is 0 Å². The van der Waals surface area contributed by atoms with Crippen LogP contribution in [-0.4, -0.2) is 35.9 Å². The summed E-state index contributed by atoms with van der Waals surface area (Å²) in [5.41, 5.74) is 0.844. The summed E-state index contributed by atoms with van der Waals surface area (Å²) in [6, 6.07) is 8.12. The van der Waals surface area contributed by atoms with E-state index >= 15 is 0 Å². The lowest BCUT2D eigenvalue weighted by atomic mass is 9.93. The Labute approximate surface area is 117 Å². The molecule has 0 spiro atoms. The average Bonchev–Trinajstić information content (AvgIpc) is 2.49. The van der Waals surface area contributed by atoms with E-state index in [9.17, 15) is 14.9 Å². The van der Waals surface area contributed by atoms with Gasteiger partial charge in [-0.25, -0.2) is 0 Å². The fourth-order valence-electron chi connectivity index (χ4n) is 2.56. The van der Waals surface area contributed by atoms with E-state index in [2.05, 4.69) is 5.32 Å². The van der Waals surface area contributed by atoms with Gasteiger partial charge in [0.25, 0.3) is 0 Å². The number of ether oxygens (including phenoxy) is 1. The molecule has 1 aromatic rings. The number of nitrogens with zero attached hydrogens (tertiary/aromatic N) is 1. The van der Waals surface area contributed by atoms with Crippen LogP contribution in [0.5, 0.6) is 0 Å². The third-order valence-electron chi connectivity index (χ3n) is 3.59. The van der Waals surface area contributed by atoms with Crippen molar-refractivity contribution < 1.29 is 14.5 Å². The molecule has 0 aromatic heterocycles. The molecule has 1 aromatic carbocycles. The molecule has 0 radical (unpaired) electrons. The third-order valence-corrected chi connectivity index (χ3v) is 3.59. The molecule has 6 heteroatoms. The minimum atomic E-state index is -0.743. The summed E-state index contributed by atoms with van der Waals surface area (Å²) < 4.78 is 5.73. The summed E-state index contributed by atoms with van der Waals surface area (Å²) in [5.74, 6) is 0. The lowest BCUT2D eigenvalue weighted by Crippen LogP contribution is -2.55. The predicted molar refractivity (Wildman–Crippen MR) is 73.0 cm³/mol. The molecule has 1 aliphatic heterocycles. The standard InChI is InChI=1S/C14H18N2O4/c1-2-12(16(18)19)13-14(10-6-4-3-5-7-10)20-11(9-17)8-15-13/h3-7,9,11-15H,2,8H2,1H3/t11-,12+,13-,14?/m1/s1. The zero-order valence-corrected chi connectivity index (χ0v) is 11.3. The summed E-state index contributed by atoms with van der Waals surface area (Å²) in [6.45, 7) is 2.09. The Morgan fingerprint density at radius 2 is 2.20 bits per heavy atom. The highest BCUT2D eigenvalue weighted by Gasteiger charge is 2.41. The van der Waals surface area contributed by atoms with E-state index in [4.69, 9.17) is 4.74 Å². The first-order valence-electron chi connectivity index (χ1n) is 6.70. The summed E-state index contributed by atoms with van der Waals surface area (Å²) in [6.07, 6.45) is 0.0753. The molecule has 0 amide bonds. The van der Waals surface area contributed by atoms with Crippen molar-refractivity contribution in [3.8, 4) is 0 Å². The SMILES string of the molecule is CC[C@@H]([C@H]1NC[C@H](C=O)OC1c1ccccc1)[N+](=O)[O-]. The lowest BCUT2D eigenvalue weighted by molar-refractivity contribution is -0.530. The Morgan fingerprint density at radius 3 is 2.75 bits per heavy atom. The fourth-order valence-corrected chi connectivity index (χ4v) is 2.56. The van der Waals surface area contributed by atoms with Gasteiger partial charge in [-0.15, -0.1) is 0 Å². The van der Waals surface area contributed by atoms with E-state index in [-0.39, 0.29) is 4.92 Å². The van der Waals surface area contributed by atoms with Crippen LogP contribution in [0.4, 0.5) is 0 Å². The summed E-state index contributed by atoms with van der Waals surface area (Å²) in [7, 11) is 0. The summed E-state index contributed by atoms with van der Waals surface area (Å²) in [4.78, 5) is 21.8. The Kier molecular flexibility index (Phi) is 4.81. The molecule has 6 nitrogen and oxygen atoms in total. The highest BCUT2D eigenvalue weighted by atomic mass is 16.6. The van der Waals surface area contributed by atoms with E-state index < -0.39 is 24.3 Å². The summed E-state index contributed by atoms with van der Waals surface area (Å²) in [5, 5.41) is 14.3. The maximum absolute atomic E-state index is 11.2. The quantitative estimate of drug-likeness (QED) is 0.499. The smallest absolute Gasteiger partial charge is 0.230 e. The molecule has 1 saturated heterocycles. The van der Waals surface area contributed by atoms with Gasteiger partial charge in [0.15, 0.2) is 0 Å². The first-order chi connectivity index (χ1) is 9.67. The van der Waals surface area contributed by atoms with E-state index in [0.29, 0.717) is 13.0 Å². The van der Waals surface area contributed by atoms with Crippen molar-refractivity contribution in [1.29, 1.82) is 0 Å².